The first-order valence-corrected chi connectivity index (χ1v) is 10.5. The van der Waals surface area contributed by atoms with E-state index < -0.39 is 0 Å². The fraction of sp³-hybridized carbons (Fsp3) is 0.458. The predicted octanol–water partition coefficient (Wildman–Crippen LogP) is 4.70. The molecular formula is C24H29N3O3. The minimum absolute atomic E-state index is 0.0491. The van der Waals surface area contributed by atoms with Crippen molar-refractivity contribution in [2.24, 2.45) is 11.3 Å². The number of hydrogen-bond donors (Lipinski definition) is 0. The molecule has 0 amide bonds. The second-order valence-electron chi connectivity index (χ2n) is 9.67. The van der Waals surface area contributed by atoms with Gasteiger partial charge in [-0.25, -0.2) is 0 Å². The van der Waals surface area contributed by atoms with Gasteiger partial charge in [-0.3, -0.25) is 14.3 Å². The minimum atomic E-state index is -0.253. The fourth-order valence-electron chi connectivity index (χ4n) is 4.11. The number of ketones is 1. The molecule has 1 aliphatic heterocycles. The molecule has 1 aromatic carbocycles. The molecule has 1 aliphatic rings. The summed E-state index contributed by atoms with van der Waals surface area (Å²) >= 11 is 0. The third-order valence-electron chi connectivity index (χ3n) is 5.69. The Balaban J connectivity index is 1.98. The van der Waals surface area contributed by atoms with Crippen LogP contribution in [0.4, 0.5) is 0 Å². The average Bonchev–Trinajstić information content (AvgIpc) is 3.03. The van der Waals surface area contributed by atoms with Crippen LogP contribution in [0.25, 0.3) is 22.3 Å². The van der Waals surface area contributed by atoms with E-state index in [9.17, 15) is 9.59 Å². The molecule has 4 rings (SSSR count). The third kappa shape index (κ3) is 3.34. The van der Waals surface area contributed by atoms with Crippen LogP contribution in [0.5, 0.6) is 5.75 Å². The van der Waals surface area contributed by atoms with Gasteiger partial charge in [0.05, 0.1) is 36.1 Å². The van der Waals surface area contributed by atoms with E-state index in [1.165, 1.54) is 6.92 Å². The number of benzene rings is 1. The van der Waals surface area contributed by atoms with Crippen molar-refractivity contribution in [3.05, 3.63) is 46.2 Å². The van der Waals surface area contributed by atoms with Gasteiger partial charge < -0.3 is 9.30 Å². The van der Waals surface area contributed by atoms with E-state index in [0.717, 1.165) is 28.0 Å². The fourth-order valence-corrected chi connectivity index (χ4v) is 4.11. The summed E-state index contributed by atoms with van der Waals surface area (Å²) in [6.45, 7) is 13.4. The molecule has 1 unspecified atom stereocenters. The molecule has 0 aliphatic carbocycles. The Kier molecular flexibility index (Phi) is 4.83. The van der Waals surface area contributed by atoms with Crippen molar-refractivity contribution < 1.29 is 9.53 Å². The molecule has 0 N–H and O–H groups in total. The van der Waals surface area contributed by atoms with Crippen molar-refractivity contribution in [1.29, 1.82) is 0 Å². The molecule has 0 bridgehead atoms. The molecule has 1 atom stereocenters. The Morgan fingerprint density at radius 2 is 2.03 bits per heavy atom. The highest BCUT2D eigenvalue weighted by molar-refractivity contribution is 5.97. The van der Waals surface area contributed by atoms with Gasteiger partial charge in [-0.05, 0) is 24.3 Å². The number of carbonyl (C=O) groups is 1. The normalized spacial score (nSPS) is 15.9. The van der Waals surface area contributed by atoms with Gasteiger partial charge in [-0.15, -0.1) is 0 Å². The number of nitrogens with zero attached hydrogens (tertiary/aromatic N) is 3. The maximum absolute atomic E-state index is 12.7. The summed E-state index contributed by atoms with van der Waals surface area (Å²) in [6, 6.07) is 7.55. The maximum Gasteiger partial charge on any atom is 0.193 e. The van der Waals surface area contributed by atoms with Crippen molar-refractivity contribution in [3.63, 3.8) is 0 Å². The van der Waals surface area contributed by atoms with Gasteiger partial charge in [0.2, 0.25) is 0 Å². The van der Waals surface area contributed by atoms with E-state index in [4.69, 9.17) is 9.84 Å². The molecular weight excluding hydrogens is 378 g/mol. The second kappa shape index (κ2) is 7.11. The highest BCUT2D eigenvalue weighted by Gasteiger charge is 2.35. The largest absolute Gasteiger partial charge is 0.491 e. The molecule has 6 heteroatoms. The third-order valence-corrected chi connectivity index (χ3v) is 5.69. The highest BCUT2D eigenvalue weighted by Crippen LogP contribution is 2.43. The molecule has 30 heavy (non-hydrogen) atoms. The van der Waals surface area contributed by atoms with Crippen LogP contribution in [0.3, 0.4) is 0 Å². The van der Waals surface area contributed by atoms with Gasteiger partial charge in [-0.1, -0.05) is 46.8 Å². The van der Waals surface area contributed by atoms with Crippen LogP contribution < -0.4 is 10.2 Å². The molecule has 0 saturated carbocycles. The number of carbonyl (C=O) groups excluding carboxylic acids is 1. The molecule has 3 aromatic rings. The second-order valence-corrected chi connectivity index (χ2v) is 9.67. The van der Waals surface area contributed by atoms with Crippen molar-refractivity contribution in [3.8, 4) is 17.1 Å². The van der Waals surface area contributed by atoms with E-state index in [2.05, 4.69) is 39.2 Å². The lowest BCUT2D eigenvalue weighted by atomic mass is 9.84. The Hall–Kier alpha value is -2.89. The van der Waals surface area contributed by atoms with E-state index >= 15 is 0 Å². The first kappa shape index (κ1) is 20.4. The molecule has 158 valence electrons. The zero-order valence-electron chi connectivity index (χ0n) is 18.5. The van der Waals surface area contributed by atoms with Gasteiger partial charge in [0.1, 0.15) is 11.3 Å². The zero-order chi connectivity index (χ0) is 21.8. The summed E-state index contributed by atoms with van der Waals surface area (Å²) in [6.07, 6.45) is 1.73. The lowest BCUT2D eigenvalue weighted by Crippen LogP contribution is -2.35. The molecule has 0 spiro atoms. The number of Topliss-reactive ketones (excluding diaryl/α,β-unsaturated/α-hetero) is 1. The lowest BCUT2D eigenvalue weighted by molar-refractivity contribution is 0.101. The molecule has 2 aromatic heterocycles. The van der Waals surface area contributed by atoms with E-state index in [1.54, 1.807) is 12.3 Å². The van der Waals surface area contributed by atoms with Crippen molar-refractivity contribution >= 4 is 16.7 Å². The average molecular weight is 408 g/mol. The van der Waals surface area contributed by atoms with Gasteiger partial charge in [0.25, 0.3) is 0 Å². The Morgan fingerprint density at radius 1 is 1.30 bits per heavy atom. The summed E-state index contributed by atoms with van der Waals surface area (Å²) in [4.78, 5) is 24.8. The van der Waals surface area contributed by atoms with Crippen molar-refractivity contribution in [2.45, 2.75) is 54.1 Å². The van der Waals surface area contributed by atoms with Gasteiger partial charge in [-0.2, -0.15) is 5.10 Å². The van der Waals surface area contributed by atoms with E-state index in [1.807, 2.05) is 22.9 Å². The highest BCUT2D eigenvalue weighted by atomic mass is 16.5. The molecule has 3 heterocycles. The number of pyridine rings is 1. The topological polar surface area (TPSA) is 66.1 Å². The SMILES string of the molecule is CC(=O)c1cn2c(cc1=O)-c1c3cccc(OCC(C)C)c3nn1CC2C(C)(C)C. The maximum atomic E-state index is 12.7. The number of ether oxygens (including phenoxy) is 1. The summed E-state index contributed by atoms with van der Waals surface area (Å²) in [7, 11) is 0. The molecule has 6 nitrogen and oxygen atoms in total. The summed E-state index contributed by atoms with van der Waals surface area (Å²) in [5, 5.41) is 5.84. The number of hydrogen-bond acceptors (Lipinski definition) is 4. The molecule has 0 fully saturated rings. The van der Waals surface area contributed by atoms with Gasteiger partial charge in [0, 0.05) is 17.6 Å². The van der Waals surface area contributed by atoms with E-state index in [-0.39, 0.29) is 28.2 Å². The first-order valence-electron chi connectivity index (χ1n) is 10.5. The predicted molar refractivity (Wildman–Crippen MR) is 118 cm³/mol. The monoisotopic (exact) mass is 407 g/mol. The quantitative estimate of drug-likeness (QED) is 0.588. The molecule has 0 saturated heterocycles. The van der Waals surface area contributed by atoms with Crippen LogP contribution in [-0.2, 0) is 6.54 Å². The van der Waals surface area contributed by atoms with Crippen LogP contribution in [0, 0.1) is 11.3 Å². The van der Waals surface area contributed by atoms with Crippen LogP contribution in [-0.4, -0.2) is 26.7 Å². The summed E-state index contributed by atoms with van der Waals surface area (Å²) < 4.78 is 10.1. The zero-order valence-corrected chi connectivity index (χ0v) is 18.5. The smallest absolute Gasteiger partial charge is 0.193 e. The number of aromatic nitrogens is 3. The van der Waals surface area contributed by atoms with E-state index in [0.29, 0.717) is 19.1 Å². The van der Waals surface area contributed by atoms with Crippen molar-refractivity contribution in [2.75, 3.05) is 6.61 Å². The van der Waals surface area contributed by atoms with Crippen LogP contribution >= 0.6 is 0 Å². The summed E-state index contributed by atoms with van der Waals surface area (Å²) in [5.74, 6) is 0.952. The Bertz CT molecular complexity index is 1190. The lowest BCUT2D eigenvalue weighted by Gasteiger charge is -2.38. The number of fused-ring (bicyclic) bond motifs is 5. The Labute approximate surface area is 176 Å². The summed E-state index contributed by atoms with van der Waals surface area (Å²) in [5.41, 5.74) is 2.37. The minimum Gasteiger partial charge on any atom is -0.491 e. The number of rotatable bonds is 4. The van der Waals surface area contributed by atoms with Crippen LogP contribution in [0.2, 0.25) is 0 Å². The van der Waals surface area contributed by atoms with Gasteiger partial charge in [0.15, 0.2) is 11.2 Å². The van der Waals surface area contributed by atoms with Crippen molar-refractivity contribution in [1.82, 2.24) is 14.3 Å². The van der Waals surface area contributed by atoms with Gasteiger partial charge >= 0.3 is 0 Å². The Morgan fingerprint density at radius 3 is 2.67 bits per heavy atom. The van der Waals surface area contributed by atoms with Crippen LogP contribution in [0.1, 0.15) is 57.9 Å². The molecule has 0 radical (unpaired) electrons. The standard InChI is InChI=1S/C24H29N3O3/c1-14(2)13-30-20-9-7-8-16-22(20)25-27-12-21(24(4,5)6)26-11-17(15(3)28)19(29)10-18(26)23(16)27/h7-11,14,21H,12-13H2,1-6H3. The van der Waals surface area contributed by atoms with Crippen LogP contribution in [0.15, 0.2) is 35.3 Å². The first-order chi connectivity index (χ1) is 14.1.